The molecule has 0 spiro atoms. The first-order chi connectivity index (χ1) is 8.06. The van der Waals surface area contributed by atoms with Gasteiger partial charge in [-0.3, -0.25) is 0 Å². The number of halogens is 2. The Morgan fingerprint density at radius 2 is 2.24 bits per heavy atom. The van der Waals surface area contributed by atoms with Gasteiger partial charge >= 0.3 is 5.97 Å². The average Bonchev–Trinajstić information content (AvgIpc) is 2.69. The van der Waals surface area contributed by atoms with E-state index in [1.54, 1.807) is 25.1 Å². The lowest BCUT2D eigenvalue weighted by Crippen LogP contribution is -2.07. The molecule has 88 valence electrons. The first-order valence-corrected chi connectivity index (χ1v) is 5.84. The van der Waals surface area contributed by atoms with Gasteiger partial charge in [0.2, 0.25) is 5.76 Å². The molecule has 4 nitrogen and oxygen atoms in total. The van der Waals surface area contributed by atoms with Gasteiger partial charge in [0.15, 0.2) is 0 Å². The van der Waals surface area contributed by atoms with Crippen molar-refractivity contribution >= 4 is 33.5 Å². The summed E-state index contributed by atoms with van der Waals surface area (Å²) >= 11 is 9.02. The lowest BCUT2D eigenvalue weighted by Gasteiger charge is -2.04. The van der Waals surface area contributed by atoms with Crippen LogP contribution in [0, 0.1) is 6.92 Å². The molecule has 2 rings (SSSR count). The lowest BCUT2D eigenvalue weighted by molar-refractivity contribution is 0.0690. The minimum Gasteiger partial charge on any atom is -0.419 e. The van der Waals surface area contributed by atoms with E-state index in [1.165, 1.54) is 6.07 Å². The number of carbonyl (C=O) groups is 1. The molecule has 0 unspecified atom stereocenters. The van der Waals surface area contributed by atoms with E-state index >= 15 is 0 Å². The number of esters is 1. The molecule has 0 atom stereocenters. The van der Waals surface area contributed by atoms with Gasteiger partial charge in [0.25, 0.3) is 0 Å². The number of carbonyl (C=O) groups excluding carboxylic acids is 1. The maximum absolute atomic E-state index is 11.7. The number of hydrogen-bond donors (Lipinski definition) is 0. The fourth-order valence-electron chi connectivity index (χ4n) is 1.17. The molecule has 17 heavy (non-hydrogen) atoms. The number of aromatic nitrogens is 1. The fourth-order valence-corrected chi connectivity index (χ4v) is 1.93. The Labute approximate surface area is 111 Å². The van der Waals surface area contributed by atoms with E-state index < -0.39 is 5.97 Å². The van der Waals surface area contributed by atoms with Crippen LogP contribution in [0.3, 0.4) is 0 Å². The minimum atomic E-state index is -0.603. The molecule has 0 saturated carbocycles. The van der Waals surface area contributed by atoms with Crippen LogP contribution in [0.1, 0.15) is 16.2 Å². The van der Waals surface area contributed by atoms with Gasteiger partial charge in [-0.25, -0.2) is 4.79 Å². The summed E-state index contributed by atoms with van der Waals surface area (Å²) in [4.78, 5) is 11.7. The first-order valence-electron chi connectivity index (χ1n) is 4.67. The maximum Gasteiger partial charge on any atom is 0.382 e. The number of rotatable bonds is 2. The molecule has 0 bridgehead atoms. The lowest BCUT2D eigenvalue weighted by atomic mass is 10.3. The van der Waals surface area contributed by atoms with Gasteiger partial charge in [-0.1, -0.05) is 16.8 Å². The molecular weight excluding hydrogens is 309 g/mol. The van der Waals surface area contributed by atoms with Gasteiger partial charge in [-0.15, -0.1) is 0 Å². The zero-order chi connectivity index (χ0) is 12.4. The van der Waals surface area contributed by atoms with E-state index in [0.717, 1.165) is 0 Å². The zero-order valence-electron chi connectivity index (χ0n) is 8.74. The van der Waals surface area contributed by atoms with E-state index in [9.17, 15) is 4.79 Å². The fraction of sp³-hybridized carbons (Fsp3) is 0.0909. The predicted octanol–water partition coefficient (Wildman–Crippen LogP) is 3.62. The highest BCUT2D eigenvalue weighted by atomic mass is 79.9. The second kappa shape index (κ2) is 4.89. The van der Waals surface area contributed by atoms with Gasteiger partial charge in [-0.05, 0) is 41.1 Å². The van der Waals surface area contributed by atoms with Crippen molar-refractivity contribution < 1.29 is 14.1 Å². The largest absolute Gasteiger partial charge is 0.419 e. The molecule has 1 aromatic heterocycles. The minimum absolute atomic E-state index is 0.0596. The molecule has 0 saturated heterocycles. The van der Waals surface area contributed by atoms with Gasteiger partial charge in [0.05, 0.1) is 10.2 Å². The van der Waals surface area contributed by atoms with Crippen molar-refractivity contribution in [1.29, 1.82) is 0 Å². The van der Waals surface area contributed by atoms with Crippen LogP contribution >= 0.6 is 27.5 Å². The predicted molar refractivity (Wildman–Crippen MR) is 65.4 cm³/mol. The number of ether oxygens (including phenoxy) is 1. The van der Waals surface area contributed by atoms with Crippen LogP contribution < -0.4 is 4.74 Å². The van der Waals surface area contributed by atoms with Crippen LogP contribution in [0.25, 0.3) is 0 Å². The van der Waals surface area contributed by atoms with Crippen LogP contribution in [-0.4, -0.2) is 11.1 Å². The van der Waals surface area contributed by atoms with Crippen molar-refractivity contribution in [3.8, 4) is 5.75 Å². The van der Waals surface area contributed by atoms with Crippen molar-refractivity contribution in [2.75, 3.05) is 0 Å². The summed E-state index contributed by atoms with van der Waals surface area (Å²) in [6, 6.07) is 6.36. The quantitative estimate of drug-likeness (QED) is 0.627. The summed E-state index contributed by atoms with van der Waals surface area (Å²) in [6.45, 7) is 1.72. The molecule has 0 aliphatic heterocycles. The zero-order valence-corrected chi connectivity index (χ0v) is 11.1. The van der Waals surface area contributed by atoms with Gasteiger partial charge < -0.3 is 9.26 Å². The van der Waals surface area contributed by atoms with E-state index in [2.05, 4.69) is 21.1 Å². The smallest absolute Gasteiger partial charge is 0.382 e. The van der Waals surface area contributed by atoms with Gasteiger partial charge in [-0.2, -0.15) is 0 Å². The highest BCUT2D eigenvalue weighted by molar-refractivity contribution is 9.10. The van der Waals surface area contributed by atoms with Crippen molar-refractivity contribution in [1.82, 2.24) is 5.16 Å². The number of nitrogens with zero attached hydrogens (tertiary/aromatic N) is 1. The summed E-state index contributed by atoms with van der Waals surface area (Å²) in [5.41, 5.74) is 0.618. The molecule has 0 N–H and O–H groups in total. The van der Waals surface area contributed by atoms with Crippen molar-refractivity contribution in [2.45, 2.75) is 6.92 Å². The van der Waals surface area contributed by atoms with Crippen LogP contribution in [0.4, 0.5) is 0 Å². The third-order valence-corrected chi connectivity index (χ3v) is 2.78. The Hall–Kier alpha value is -1.33. The molecule has 0 fully saturated rings. The Morgan fingerprint density at radius 3 is 2.82 bits per heavy atom. The van der Waals surface area contributed by atoms with E-state index in [0.29, 0.717) is 20.9 Å². The molecule has 0 aliphatic carbocycles. The molecule has 0 radical (unpaired) electrons. The van der Waals surface area contributed by atoms with Crippen LogP contribution in [0.5, 0.6) is 5.75 Å². The highest BCUT2D eigenvalue weighted by Crippen LogP contribution is 2.28. The van der Waals surface area contributed by atoms with Crippen LogP contribution in [0.2, 0.25) is 5.02 Å². The molecule has 0 aliphatic rings. The summed E-state index contributed by atoms with van der Waals surface area (Å²) in [6.07, 6.45) is 0. The second-order valence-corrected chi connectivity index (χ2v) is 4.59. The molecule has 6 heteroatoms. The van der Waals surface area contributed by atoms with E-state index in [1.807, 2.05) is 0 Å². The standard InChI is InChI=1S/C11H7BrClNO3/c1-6-4-10(17-14-6)11(15)16-9-3-2-7(13)5-8(9)12/h2-5H,1H3. The van der Waals surface area contributed by atoms with Gasteiger partial charge in [0.1, 0.15) is 5.75 Å². The Balaban J connectivity index is 2.18. The van der Waals surface area contributed by atoms with Crippen molar-refractivity contribution in [3.63, 3.8) is 0 Å². The van der Waals surface area contributed by atoms with E-state index in [4.69, 9.17) is 20.9 Å². The molecule has 1 heterocycles. The van der Waals surface area contributed by atoms with Crippen LogP contribution in [0.15, 0.2) is 33.3 Å². The third kappa shape index (κ3) is 2.87. The SMILES string of the molecule is Cc1cc(C(=O)Oc2ccc(Cl)cc2Br)on1. The molecular formula is C11H7BrClNO3. The second-order valence-electron chi connectivity index (χ2n) is 3.30. The monoisotopic (exact) mass is 315 g/mol. The third-order valence-electron chi connectivity index (χ3n) is 1.93. The molecule has 1 aromatic carbocycles. The highest BCUT2D eigenvalue weighted by Gasteiger charge is 2.15. The normalized spacial score (nSPS) is 10.3. The number of hydrogen-bond acceptors (Lipinski definition) is 4. The summed E-state index contributed by atoms with van der Waals surface area (Å²) in [5.74, 6) is -0.175. The van der Waals surface area contributed by atoms with Crippen molar-refractivity contribution in [3.05, 3.63) is 45.2 Å². The number of aryl methyl sites for hydroxylation is 1. The maximum atomic E-state index is 11.7. The topological polar surface area (TPSA) is 52.3 Å². The Kier molecular flexibility index (Phi) is 3.49. The summed E-state index contributed by atoms with van der Waals surface area (Å²) in [7, 11) is 0. The van der Waals surface area contributed by atoms with Gasteiger partial charge in [0, 0.05) is 11.1 Å². The van der Waals surface area contributed by atoms with Crippen LogP contribution in [-0.2, 0) is 0 Å². The Bertz CT molecular complexity index is 568. The number of benzene rings is 1. The molecule has 0 amide bonds. The van der Waals surface area contributed by atoms with E-state index in [-0.39, 0.29) is 5.76 Å². The Morgan fingerprint density at radius 1 is 1.47 bits per heavy atom. The molecule has 2 aromatic rings. The average molecular weight is 317 g/mol. The first kappa shape index (κ1) is 12.1. The summed E-state index contributed by atoms with van der Waals surface area (Å²) < 4.78 is 10.5. The summed E-state index contributed by atoms with van der Waals surface area (Å²) in [5, 5.41) is 4.16. The van der Waals surface area contributed by atoms with Crippen molar-refractivity contribution in [2.24, 2.45) is 0 Å².